The number of aryl methyl sites for hydroxylation is 2. The zero-order chi connectivity index (χ0) is 35.0. The van der Waals surface area contributed by atoms with Crippen LogP contribution in [-0.2, 0) is 0 Å². The molecule has 0 aliphatic rings. The number of rotatable bonds is 7. The number of aromatic nitrogens is 1. The third-order valence-electron chi connectivity index (χ3n) is 10.3. The van der Waals surface area contributed by atoms with Crippen LogP contribution in [0.4, 0.5) is 17.1 Å². The van der Waals surface area contributed by atoms with Crippen LogP contribution in [0, 0.1) is 13.8 Å². The van der Waals surface area contributed by atoms with Crippen LogP contribution in [0.25, 0.3) is 60.9 Å². The minimum absolute atomic E-state index is 1.10. The summed E-state index contributed by atoms with van der Waals surface area (Å²) in [6.45, 7) is 4.44. The Bertz CT molecular complexity index is 2690. The number of benzene rings is 8. The van der Waals surface area contributed by atoms with Gasteiger partial charge in [0.1, 0.15) is 0 Å². The number of hydrogen-bond acceptors (Lipinski definition) is 1. The molecule has 2 nitrogen and oxygen atoms in total. The molecule has 0 N–H and O–H groups in total. The van der Waals surface area contributed by atoms with Gasteiger partial charge in [0.25, 0.3) is 0 Å². The van der Waals surface area contributed by atoms with E-state index in [2.05, 4.69) is 217 Å². The van der Waals surface area contributed by atoms with Gasteiger partial charge in [-0.3, -0.25) is 0 Å². The Kier molecular flexibility index (Phi) is 7.98. The highest BCUT2D eigenvalue weighted by Gasteiger charge is 2.22. The zero-order valence-corrected chi connectivity index (χ0v) is 29.4. The highest BCUT2D eigenvalue weighted by Crippen LogP contribution is 2.44. The summed E-state index contributed by atoms with van der Waals surface area (Å²) in [6.07, 6.45) is 0. The number of fused-ring (bicyclic) bond motifs is 3. The van der Waals surface area contributed by atoms with Gasteiger partial charge in [-0.25, -0.2) is 0 Å². The molecule has 0 bridgehead atoms. The molecular formula is C50H38N2. The minimum Gasteiger partial charge on any atom is -0.310 e. The fourth-order valence-corrected chi connectivity index (χ4v) is 7.78. The van der Waals surface area contributed by atoms with Gasteiger partial charge in [0.05, 0.1) is 22.4 Å². The van der Waals surface area contributed by atoms with Crippen LogP contribution < -0.4 is 4.90 Å². The predicted octanol–water partition coefficient (Wildman–Crippen LogP) is 13.9. The van der Waals surface area contributed by atoms with Crippen molar-refractivity contribution in [1.29, 1.82) is 0 Å². The molecule has 0 saturated carbocycles. The lowest BCUT2D eigenvalue weighted by molar-refractivity contribution is 1.15. The molecule has 0 aliphatic heterocycles. The second kappa shape index (κ2) is 13.2. The summed E-state index contributed by atoms with van der Waals surface area (Å²) in [5, 5.41) is 2.47. The molecule has 1 aromatic heterocycles. The van der Waals surface area contributed by atoms with Crippen molar-refractivity contribution in [3.05, 3.63) is 205 Å². The molecule has 1 heterocycles. The maximum absolute atomic E-state index is 2.49. The lowest BCUT2D eigenvalue weighted by Crippen LogP contribution is -2.11. The van der Waals surface area contributed by atoms with E-state index in [9.17, 15) is 0 Å². The first-order chi connectivity index (χ1) is 25.7. The fraction of sp³-hybridized carbons (Fsp3) is 0.0400. The van der Waals surface area contributed by atoms with Crippen LogP contribution in [0.15, 0.2) is 194 Å². The Balaban J connectivity index is 1.31. The van der Waals surface area contributed by atoms with Gasteiger partial charge in [0, 0.05) is 33.3 Å². The minimum atomic E-state index is 1.10. The Morgan fingerprint density at radius 2 is 0.923 bits per heavy atom. The molecule has 0 radical (unpaired) electrons. The van der Waals surface area contributed by atoms with Crippen LogP contribution in [-0.4, -0.2) is 4.57 Å². The molecule has 0 amide bonds. The quantitative estimate of drug-likeness (QED) is 0.164. The van der Waals surface area contributed by atoms with Gasteiger partial charge in [0.15, 0.2) is 0 Å². The average molecular weight is 667 g/mol. The summed E-state index contributed by atoms with van der Waals surface area (Å²) in [6, 6.07) is 70.2. The lowest BCUT2D eigenvalue weighted by atomic mass is 9.96. The molecule has 248 valence electrons. The van der Waals surface area contributed by atoms with Gasteiger partial charge >= 0.3 is 0 Å². The predicted molar refractivity (Wildman–Crippen MR) is 221 cm³/mol. The van der Waals surface area contributed by atoms with Crippen molar-refractivity contribution < 1.29 is 0 Å². The van der Waals surface area contributed by atoms with E-state index in [1.165, 1.54) is 72.0 Å². The standard InChI is InChI=1S/C50H38N2/c1-35-16-9-10-22-42(35)46-25-15-17-36(2)50(46)52-48-27-14-12-24-44(48)45-33-32-41(34-49(45)52)51(40-30-28-38(29-31-40)37-18-5-3-6-19-37)47-26-13-11-23-43(47)39-20-7-4-8-21-39/h3-34H,1-2H3. The van der Waals surface area contributed by atoms with Gasteiger partial charge in [-0.2, -0.15) is 0 Å². The topological polar surface area (TPSA) is 8.17 Å². The van der Waals surface area contributed by atoms with Crippen molar-refractivity contribution in [2.75, 3.05) is 4.90 Å². The summed E-state index contributed by atoms with van der Waals surface area (Å²) in [7, 11) is 0. The smallest absolute Gasteiger partial charge is 0.0569 e. The summed E-state index contributed by atoms with van der Waals surface area (Å²) in [5.41, 5.74) is 16.6. The molecule has 2 heteroatoms. The van der Waals surface area contributed by atoms with Crippen LogP contribution in [0.5, 0.6) is 0 Å². The molecule has 0 fully saturated rings. The van der Waals surface area contributed by atoms with E-state index in [-0.39, 0.29) is 0 Å². The Labute approximate surface area is 305 Å². The molecule has 9 rings (SSSR count). The Morgan fingerprint density at radius 3 is 1.69 bits per heavy atom. The maximum atomic E-state index is 2.49. The monoisotopic (exact) mass is 666 g/mol. The molecule has 8 aromatic carbocycles. The highest BCUT2D eigenvalue weighted by atomic mass is 15.1. The van der Waals surface area contributed by atoms with E-state index < -0.39 is 0 Å². The number of anilines is 3. The number of para-hydroxylation sites is 3. The molecule has 52 heavy (non-hydrogen) atoms. The van der Waals surface area contributed by atoms with E-state index >= 15 is 0 Å². The summed E-state index contributed by atoms with van der Waals surface area (Å²) >= 11 is 0. The average Bonchev–Trinajstić information content (AvgIpc) is 3.52. The van der Waals surface area contributed by atoms with Gasteiger partial charge in [-0.15, -0.1) is 0 Å². The van der Waals surface area contributed by atoms with Crippen molar-refractivity contribution >= 4 is 38.9 Å². The van der Waals surface area contributed by atoms with E-state index in [0.29, 0.717) is 0 Å². The summed E-state index contributed by atoms with van der Waals surface area (Å²) < 4.78 is 2.49. The third-order valence-corrected chi connectivity index (χ3v) is 10.3. The normalized spacial score (nSPS) is 11.3. The first-order valence-corrected chi connectivity index (χ1v) is 17.9. The first kappa shape index (κ1) is 31.3. The third kappa shape index (κ3) is 5.46. The van der Waals surface area contributed by atoms with E-state index in [1.807, 2.05) is 0 Å². The number of hydrogen-bond donors (Lipinski definition) is 0. The van der Waals surface area contributed by atoms with Gasteiger partial charge in [0.2, 0.25) is 0 Å². The van der Waals surface area contributed by atoms with Crippen molar-refractivity contribution in [2.45, 2.75) is 13.8 Å². The van der Waals surface area contributed by atoms with Gasteiger partial charge < -0.3 is 9.47 Å². The van der Waals surface area contributed by atoms with Crippen LogP contribution in [0.3, 0.4) is 0 Å². The van der Waals surface area contributed by atoms with Crippen molar-refractivity contribution in [3.8, 4) is 39.1 Å². The highest BCUT2D eigenvalue weighted by molar-refractivity contribution is 6.11. The van der Waals surface area contributed by atoms with Crippen LogP contribution in [0.2, 0.25) is 0 Å². The van der Waals surface area contributed by atoms with Crippen LogP contribution in [0.1, 0.15) is 11.1 Å². The first-order valence-electron chi connectivity index (χ1n) is 17.9. The molecule has 0 saturated heterocycles. The summed E-state index contributed by atoms with van der Waals surface area (Å²) in [5.74, 6) is 0. The van der Waals surface area contributed by atoms with E-state index in [4.69, 9.17) is 0 Å². The number of nitrogens with zero attached hydrogens (tertiary/aromatic N) is 2. The summed E-state index contributed by atoms with van der Waals surface area (Å²) in [4.78, 5) is 2.42. The van der Waals surface area contributed by atoms with E-state index in [1.54, 1.807) is 0 Å². The zero-order valence-electron chi connectivity index (χ0n) is 29.4. The maximum Gasteiger partial charge on any atom is 0.0569 e. The molecular weight excluding hydrogens is 629 g/mol. The van der Waals surface area contributed by atoms with Crippen molar-refractivity contribution in [2.24, 2.45) is 0 Å². The molecule has 9 aromatic rings. The van der Waals surface area contributed by atoms with Crippen molar-refractivity contribution in [1.82, 2.24) is 4.57 Å². The Hall–Kier alpha value is -6.64. The lowest BCUT2D eigenvalue weighted by Gasteiger charge is -2.28. The van der Waals surface area contributed by atoms with Gasteiger partial charge in [-0.05, 0) is 83.6 Å². The molecule has 0 spiro atoms. The van der Waals surface area contributed by atoms with Crippen molar-refractivity contribution in [3.63, 3.8) is 0 Å². The molecule has 0 aliphatic carbocycles. The van der Waals surface area contributed by atoms with Crippen LogP contribution >= 0.6 is 0 Å². The van der Waals surface area contributed by atoms with Gasteiger partial charge in [-0.1, -0.05) is 158 Å². The SMILES string of the molecule is Cc1ccccc1-c1cccc(C)c1-n1c2ccccc2c2ccc(N(c3ccc(-c4ccccc4)cc3)c3ccccc3-c3ccccc3)cc21. The molecule has 0 atom stereocenters. The largest absolute Gasteiger partial charge is 0.310 e. The second-order valence-electron chi connectivity index (χ2n) is 13.5. The fourth-order valence-electron chi connectivity index (χ4n) is 7.78. The second-order valence-corrected chi connectivity index (χ2v) is 13.5. The van der Waals surface area contributed by atoms with E-state index in [0.717, 1.165) is 17.1 Å². The molecule has 0 unspecified atom stereocenters. The Morgan fingerprint density at radius 1 is 0.365 bits per heavy atom.